The van der Waals surface area contributed by atoms with Crippen LogP contribution in [-0.4, -0.2) is 29.2 Å². The molecule has 0 radical (unpaired) electrons. The third-order valence-corrected chi connectivity index (χ3v) is 5.55. The SMILES string of the molecule is O=C(Nc1cc(OB(O)O)cc2c1C(c1cc(F)ccc1Cl)NC2=O)c1cc(F)cc(C(F)(F)F)c1. The maximum absolute atomic E-state index is 13.9. The number of halogens is 6. The Bertz CT molecular complexity index is 1390. The Labute approximate surface area is 204 Å². The number of fused-ring (bicyclic) bond motifs is 1. The molecule has 1 atom stereocenters. The highest BCUT2D eigenvalue weighted by atomic mass is 35.5. The molecule has 3 aromatic carbocycles. The minimum absolute atomic E-state index is 0.0353. The van der Waals surface area contributed by atoms with Gasteiger partial charge < -0.3 is 25.3 Å². The number of hydrogen-bond donors (Lipinski definition) is 4. The second-order valence-corrected chi connectivity index (χ2v) is 8.04. The summed E-state index contributed by atoms with van der Waals surface area (Å²) >= 11 is 6.18. The maximum atomic E-state index is 13.9. The van der Waals surface area contributed by atoms with E-state index in [9.17, 15) is 31.5 Å². The molecule has 4 rings (SSSR count). The first kappa shape index (κ1) is 25.4. The molecule has 1 unspecified atom stereocenters. The summed E-state index contributed by atoms with van der Waals surface area (Å²) in [5.41, 5.74) is -2.33. The fraction of sp³-hybridized carbons (Fsp3) is 0.0909. The fourth-order valence-corrected chi connectivity index (χ4v) is 3.97. The molecule has 14 heteroatoms. The van der Waals surface area contributed by atoms with Crippen LogP contribution in [0, 0.1) is 11.6 Å². The molecule has 0 saturated carbocycles. The van der Waals surface area contributed by atoms with Crippen LogP contribution < -0.4 is 15.3 Å². The Hall–Kier alpha value is -3.68. The highest BCUT2D eigenvalue weighted by Gasteiger charge is 2.36. The van der Waals surface area contributed by atoms with Gasteiger partial charge in [0.2, 0.25) is 0 Å². The van der Waals surface area contributed by atoms with Crippen molar-refractivity contribution in [2.45, 2.75) is 12.2 Å². The lowest BCUT2D eigenvalue weighted by Crippen LogP contribution is -2.21. The number of amides is 2. The van der Waals surface area contributed by atoms with Gasteiger partial charge in [-0.3, -0.25) is 9.59 Å². The van der Waals surface area contributed by atoms with Crippen molar-refractivity contribution in [1.29, 1.82) is 0 Å². The van der Waals surface area contributed by atoms with Gasteiger partial charge in [0.1, 0.15) is 17.4 Å². The van der Waals surface area contributed by atoms with E-state index in [1.807, 2.05) is 0 Å². The molecule has 0 aliphatic carbocycles. The first-order chi connectivity index (χ1) is 16.8. The minimum Gasteiger partial charge on any atom is -0.512 e. The van der Waals surface area contributed by atoms with Crippen molar-refractivity contribution in [3.8, 4) is 5.75 Å². The molecule has 36 heavy (non-hydrogen) atoms. The van der Waals surface area contributed by atoms with Crippen molar-refractivity contribution in [1.82, 2.24) is 5.32 Å². The molecule has 2 amide bonds. The van der Waals surface area contributed by atoms with Crippen LogP contribution in [0.25, 0.3) is 0 Å². The molecular formula is C22H13BClF5N2O5. The number of rotatable bonds is 5. The van der Waals surface area contributed by atoms with Crippen LogP contribution >= 0.6 is 11.6 Å². The number of carbonyl (C=O) groups is 2. The quantitative estimate of drug-likeness (QED) is 0.296. The maximum Gasteiger partial charge on any atom is 0.707 e. The van der Waals surface area contributed by atoms with Gasteiger partial charge >= 0.3 is 13.5 Å². The summed E-state index contributed by atoms with van der Waals surface area (Å²) in [5.74, 6) is -4.23. The van der Waals surface area contributed by atoms with Gasteiger partial charge in [0.15, 0.2) is 0 Å². The molecule has 1 aliphatic heterocycles. The molecule has 7 nitrogen and oxygen atoms in total. The molecule has 0 saturated heterocycles. The van der Waals surface area contributed by atoms with Crippen molar-refractivity contribution in [3.05, 3.63) is 93.0 Å². The van der Waals surface area contributed by atoms with Crippen molar-refractivity contribution in [2.24, 2.45) is 0 Å². The zero-order valence-corrected chi connectivity index (χ0v) is 18.4. The minimum atomic E-state index is -4.93. The Morgan fingerprint density at radius 1 is 1.06 bits per heavy atom. The van der Waals surface area contributed by atoms with Gasteiger partial charge in [0.05, 0.1) is 22.9 Å². The van der Waals surface area contributed by atoms with Gasteiger partial charge in [-0.1, -0.05) is 11.6 Å². The van der Waals surface area contributed by atoms with Crippen LogP contribution in [-0.2, 0) is 6.18 Å². The van der Waals surface area contributed by atoms with E-state index in [1.165, 1.54) is 6.07 Å². The van der Waals surface area contributed by atoms with Gasteiger partial charge in [-0.05, 0) is 42.5 Å². The van der Waals surface area contributed by atoms with Crippen LogP contribution in [0.1, 0.15) is 43.4 Å². The average molecular weight is 527 g/mol. The van der Waals surface area contributed by atoms with Crippen molar-refractivity contribution in [3.63, 3.8) is 0 Å². The summed E-state index contributed by atoms with van der Waals surface area (Å²) < 4.78 is 71.8. The van der Waals surface area contributed by atoms with Crippen LogP contribution in [0.3, 0.4) is 0 Å². The summed E-state index contributed by atoms with van der Waals surface area (Å²) in [6.45, 7) is 0. The summed E-state index contributed by atoms with van der Waals surface area (Å²) in [6.07, 6.45) is -4.93. The smallest absolute Gasteiger partial charge is 0.512 e. The van der Waals surface area contributed by atoms with E-state index in [2.05, 4.69) is 10.6 Å². The Balaban J connectivity index is 1.83. The summed E-state index contributed by atoms with van der Waals surface area (Å²) in [4.78, 5) is 25.5. The predicted octanol–water partition coefficient (Wildman–Crippen LogP) is 4.07. The molecule has 0 aromatic heterocycles. The van der Waals surface area contributed by atoms with E-state index >= 15 is 0 Å². The monoisotopic (exact) mass is 526 g/mol. The normalized spacial score (nSPS) is 14.8. The Kier molecular flexibility index (Phi) is 6.65. The molecule has 0 spiro atoms. The topological polar surface area (TPSA) is 108 Å². The molecule has 1 aliphatic rings. The van der Waals surface area contributed by atoms with Crippen molar-refractivity contribution < 1.29 is 46.2 Å². The molecule has 4 N–H and O–H groups in total. The predicted molar refractivity (Wildman–Crippen MR) is 117 cm³/mol. The largest absolute Gasteiger partial charge is 0.707 e. The number of benzene rings is 3. The van der Waals surface area contributed by atoms with Crippen LogP contribution in [0.15, 0.2) is 48.5 Å². The lowest BCUT2D eigenvalue weighted by molar-refractivity contribution is -0.137. The number of carbonyl (C=O) groups excluding carboxylic acids is 2. The van der Waals surface area contributed by atoms with Gasteiger partial charge in [0, 0.05) is 27.8 Å². The molecule has 0 fully saturated rings. The standard InChI is InChI=1S/C22H13BClF5N2O5/c24-16-2-1-11(25)6-14(16)19-18-15(21(33)31-19)7-13(36-23(34)35)8-17(18)30-20(32)9-3-10(22(27,28)29)5-12(26)4-9/h1-8,19,34-35H,(H,30,32)(H,31,33). The molecular weight excluding hydrogens is 514 g/mol. The number of hydrogen-bond acceptors (Lipinski definition) is 5. The van der Waals surface area contributed by atoms with Crippen molar-refractivity contribution in [2.75, 3.05) is 5.32 Å². The summed E-state index contributed by atoms with van der Waals surface area (Å²) in [5, 5.41) is 23.2. The molecule has 0 bridgehead atoms. The Morgan fingerprint density at radius 2 is 1.78 bits per heavy atom. The fourth-order valence-electron chi connectivity index (χ4n) is 3.75. The van der Waals surface area contributed by atoms with Gasteiger partial charge in [0.25, 0.3) is 11.8 Å². The van der Waals surface area contributed by atoms with Crippen LogP contribution in [0.4, 0.5) is 27.6 Å². The van der Waals surface area contributed by atoms with E-state index in [4.69, 9.17) is 26.3 Å². The number of alkyl halides is 3. The van der Waals surface area contributed by atoms with E-state index in [-0.39, 0.29) is 39.2 Å². The third kappa shape index (κ3) is 5.13. The highest BCUT2D eigenvalue weighted by Crippen LogP contribution is 2.41. The van der Waals surface area contributed by atoms with Crippen LogP contribution in [0.5, 0.6) is 5.75 Å². The van der Waals surface area contributed by atoms with Gasteiger partial charge in [-0.15, -0.1) is 0 Å². The third-order valence-electron chi connectivity index (χ3n) is 5.21. The average Bonchev–Trinajstić information content (AvgIpc) is 3.10. The lowest BCUT2D eigenvalue weighted by atomic mass is 9.95. The van der Waals surface area contributed by atoms with E-state index in [0.29, 0.717) is 12.1 Å². The summed E-state index contributed by atoms with van der Waals surface area (Å²) in [6, 6.07) is 5.63. The van der Waals surface area contributed by atoms with E-state index in [1.54, 1.807) is 0 Å². The molecule has 1 heterocycles. The van der Waals surface area contributed by atoms with Gasteiger partial charge in [-0.25, -0.2) is 8.78 Å². The lowest BCUT2D eigenvalue weighted by Gasteiger charge is -2.19. The van der Waals surface area contributed by atoms with E-state index < -0.39 is 54.1 Å². The number of anilines is 1. The molecule has 186 valence electrons. The second kappa shape index (κ2) is 9.41. The van der Waals surface area contributed by atoms with Crippen LogP contribution in [0.2, 0.25) is 5.02 Å². The number of nitrogens with one attached hydrogen (secondary N) is 2. The zero-order valence-electron chi connectivity index (χ0n) is 17.7. The zero-order chi connectivity index (χ0) is 26.4. The first-order valence-corrected chi connectivity index (χ1v) is 10.4. The second-order valence-electron chi connectivity index (χ2n) is 7.63. The highest BCUT2D eigenvalue weighted by molar-refractivity contribution is 6.34. The first-order valence-electron chi connectivity index (χ1n) is 9.99. The molecule has 3 aromatic rings. The Morgan fingerprint density at radius 3 is 2.44 bits per heavy atom. The van der Waals surface area contributed by atoms with E-state index in [0.717, 1.165) is 24.3 Å². The summed E-state index contributed by atoms with van der Waals surface area (Å²) in [7, 11) is -2.32. The van der Waals surface area contributed by atoms with Crippen molar-refractivity contribution >= 4 is 36.4 Å². The van der Waals surface area contributed by atoms with Gasteiger partial charge in [-0.2, -0.15) is 13.2 Å².